The minimum absolute atomic E-state index is 0.0358. The van der Waals surface area contributed by atoms with Crippen LogP contribution in [0.3, 0.4) is 0 Å². The molecule has 0 aliphatic heterocycles. The molecule has 0 fully saturated rings. The fourth-order valence-electron chi connectivity index (χ4n) is 4.34. The summed E-state index contributed by atoms with van der Waals surface area (Å²) in [6.07, 6.45) is 2.42. The van der Waals surface area contributed by atoms with E-state index in [0.29, 0.717) is 25.0 Å². The lowest BCUT2D eigenvalue weighted by Crippen LogP contribution is -2.27. The molecule has 0 aliphatic carbocycles. The molecule has 4 aromatic rings. The maximum absolute atomic E-state index is 13.0. The van der Waals surface area contributed by atoms with E-state index in [2.05, 4.69) is 15.1 Å². The number of rotatable bonds is 7. The number of benzene rings is 1. The van der Waals surface area contributed by atoms with Gasteiger partial charge in [-0.05, 0) is 51.8 Å². The van der Waals surface area contributed by atoms with Crippen LogP contribution < -0.4 is 5.73 Å². The molecule has 0 bridgehead atoms. The van der Waals surface area contributed by atoms with Crippen molar-refractivity contribution in [2.24, 2.45) is 5.73 Å². The molecule has 0 radical (unpaired) electrons. The maximum atomic E-state index is 13.0. The van der Waals surface area contributed by atoms with Gasteiger partial charge in [0.1, 0.15) is 6.33 Å². The number of hydrogen-bond acceptors (Lipinski definition) is 5. The van der Waals surface area contributed by atoms with Gasteiger partial charge in [-0.3, -0.25) is 14.0 Å². The van der Waals surface area contributed by atoms with Gasteiger partial charge >= 0.3 is 0 Å². The highest BCUT2D eigenvalue weighted by molar-refractivity contribution is 5.96. The zero-order valence-electron chi connectivity index (χ0n) is 20.2. The number of amides is 2. The molecule has 9 heteroatoms. The van der Waals surface area contributed by atoms with Gasteiger partial charge in [0.05, 0.1) is 11.4 Å². The predicted molar refractivity (Wildman–Crippen MR) is 129 cm³/mol. The summed E-state index contributed by atoms with van der Waals surface area (Å²) < 4.78 is 3.67. The topological polar surface area (TPSA) is 111 Å². The number of nitrogens with zero attached hydrogens (tertiary/aromatic N) is 6. The number of nitrogens with two attached hydrogens (primary N) is 1. The van der Waals surface area contributed by atoms with Crippen molar-refractivity contribution in [1.82, 2.24) is 29.0 Å². The molecule has 2 N–H and O–H groups in total. The van der Waals surface area contributed by atoms with Crippen LogP contribution in [0.1, 0.15) is 50.8 Å². The first-order valence-corrected chi connectivity index (χ1v) is 11.2. The quantitative estimate of drug-likeness (QED) is 0.457. The van der Waals surface area contributed by atoms with Gasteiger partial charge < -0.3 is 10.6 Å². The SMILES string of the molecule is Cc1nn(-c2ccccc2)c(C)c1CN(C)C(=O)CCc1c(C)nc2c(C(N)=O)ncn2c1C. The van der Waals surface area contributed by atoms with Crippen molar-refractivity contribution in [3.05, 3.63) is 76.3 Å². The summed E-state index contributed by atoms with van der Waals surface area (Å²) in [5.41, 5.74) is 12.6. The Balaban J connectivity index is 1.49. The van der Waals surface area contributed by atoms with E-state index in [9.17, 15) is 9.59 Å². The van der Waals surface area contributed by atoms with Crippen molar-refractivity contribution < 1.29 is 9.59 Å². The molecule has 3 aromatic heterocycles. The Morgan fingerprint density at radius 2 is 1.71 bits per heavy atom. The predicted octanol–water partition coefficient (Wildman–Crippen LogP) is 2.84. The Morgan fingerprint density at radius 1 is 1.00 bits per heavy atom. The molecule has 9 nitrogen and oxygen atoms in total. The van der Waals surface area contributed by atoms with Gasteiger partial charge in [0.15, 0.2) is 11.3 Å². The summed E-state index contributed by atoms with van der Waals surface area (Å²) in [5, 5.41) is 4.68. The third-order valence-electron chi connectivity index (χ3n) is 6.34. The number of aromatic nitrogens is 5. The van der Waals surface area contributed by atoms with Crippen LogP contribution in [0.25, 0.3) is 11.3 Å². The Bertz CT molecular complexity index is 1390. The highest BCUT2D eigenvalue weighted by atomic mass is 16.2. The molecule has 4 rings (SSSR count). The van der Waals surface area contributed by atoms with Crippen molar-refractivity contribution >= 4 is 17.5 Å². The average Bonchev–Trinajstić information content (AvgIpc) is 3.35. The van der Waals surface area contributed by atoms with E-state index < -0.39 is 5.91 Å². The van der Waals surface area contributed by atoms with Crippen LogP contribution in [-0.4, -0.2) is 47.9 Å². The Kier molecular flexibility index (Phi) is 6.19. The second-order valence-corrected chi connectivity index (χ2v) is 8.56. The van der Waals surface area contributed by atoms with Crippen molar-refractivity contribution in [3.63, 3.8) is 0 Å². The molecule has 0 unspecified atom stereocenters. The van der Waals surface area contributed by atoms with Crippen LogP contribution >= 0.6 is 0 Å². The first-order valence-electron chi connectivity index (χ1n) is 11.2. The third-order valence-corrected chi connectivity index (χ3v) is 6.34. The fourth-order valence-corrected chi connectivity index (χ4v) is 4.34. The molecule has 34 heavy (non-hydrogen) atoms. The molecule has 176 valence electrons. The Hall–Kier alpha value is -4.01. The molecule has 2 amide bonds. The number of imidazole rings is 1. The molecule has 3 heterocycles. The van der Waals surface area contributed by atoms with E-state index in [1.165, 1.54) is 0 Å². The number of fused-ring (bicyclic) bond motifs is 1. The van der Waals surface area contributed by atoms with E-state index in [4.69, 9.17) is 5.73 Å². The van der Waals surface area contributed by atoms with Gasteiger partial charge in [-0.1, -0.05) is 18.2 Å². The van der Waals surface area contributed by atoms with Gasteiger partial charge in [0.25, 0.3) is 5.91 Å². The van der Waals surface area contributed by atoms with E-state index in [0.717, 1.165) is 39.6 Å². The number of para-hydroxylation sites is 1. The van der Waals surface area contributed by atoms with Crippen molar-refractivity contribution in [2.45, 2.75) is 47.1 Å². The minimum atomic E-state index is -0.612. The standard InChI is InChI=1S/C25H29N7O2/c1-15-20(17(3)31-14-27-23(24(26)34)25(31)28-15)11-12-22(33)30(5)13-21-16(2)29-32(18(21)4)19-9-7-6-8-10-19/h6-10,14H,11-13H2,1-5H3,(H2,26,34). The van der Waals surface area contributed by atoms with Gasteiger partial charge in [-0.25, -0.2) is 14.6 Å². The fraction of sp³-hybridized carbons (Fsp3) is 0.320. The molecule has 1 aromatic carbocycles. The summed E-state index contributed by atoms with van der Waals surface area (Å²) in [5.74, 6) is -0.576. The molecule has 0 atom stereocenters. The van der Waals surface area contributed by atoms with Crippen LogP contribution in [-0.2, 0) is 17.8 Å². The zero-order valence-corrected chi connectivity index (χ0v) is 20.2. The van der Waals surface area contributed by atoms with E-state index in [-0.39, 0.29) is 11.6 Å². The van der Waals surface area contributed by atoms with Crippen LogP contribution in [0.15, 0.2) is 36.7 Å². The minimum Gasteiger partial charge on any atom is -0.364 e. The number of carbonyl (C=O) groups excluding carboxylic acids is 2. The van der Waals surface area contributed by atoms with Crippen LogP contribution in [0.4, 0.5) is 0 Å². The van der Waals surface area contributed by atoms with Crippen molar-refractivity contribution in [2.75, 3.05) is 7.05 Å². The average molecular weight is 460 g/mol. The largest absolute Gasteiger partial charge is 0.364 e. The van der Waals surface area contributed by atoms with Gasteiger partial charge in [-0.15, -0.1) is 0 Å². The van der Waals surface area contributed by atoms with Crippen LogP contribution in [0.2, 0.25) is 0 Å². The lowest BCUT2D eigenvalue weighted by Gasteiger charge is -2.18. The monoisotopic (exact) mass is 459 g/mol. The van der Waals surface area contributed by atoms with Crippen molar-refractivity contribution in [1.29, 1.82) is 0 Å². The molecular weight excluding hydrogens is 430 g/mol. The normalized spacial score (nSPS) is 11.2. The third kappa shape index (κ3) is 4.16. The second-order valence-electron chi connectivity index (χ2n) is 8.56. The zero-order chi connectivity index (χ0) is 24.6. The molecule has 0 saturated heterocycles. The van der Waals surface area contributed by atoms with E-state index in [1.54, 1.807) is 15.6 Å². The lowest BCUT2D eigenvalue weighted by atomic mass is 10.1. The summed E-state index contributed by atoms with van der Waals surface area (Å²) in [6, 6.07) is 9.97. The summed E-state index contributed by atoms with van der Waals surface area (Å²) in [4.78, 5) is 35.0. The smallest absolute Gasteiger partial charge is 0.271 e. The molecule has 0 saturated carbocycles. The van der Waals surface area contributed by atoms with Crippen molar-refractivity contribution in [3.8, 4) is 5.69 Å². The Morgan fingerprint density at radius 3 is 2.38 bits per heavy atom. The maximum Gasteiger partial charge on any atom is 0.271 e. The highest BCUT2D eigenvalue weighted by Gasteiger charge is 2.20. The highest BCUT2D eigenvalue weighted by Crippen LogP contribution is 2.21. The first-order chi connectivity index (χ1) is 16.2. The van der Waals surface area contributed by atoms with Gasteiger partial charge in [-0.2, -0.15) is 5.10 Å². The summed E-state index contributed by atoms with van der Waals surface area (Å²) >= 11 is 0. The summed E-state index contributed by atoms with van der Waals surface area (Å²) in [7, 11) is 1.82. The van der Waals surface area contributed by atoms with Gasteiger partial charge in [0, 0.05) is 42.7 Å². The first kappa shape index (κ1) is 23.2. The number of hydrogen-bond donors (Lipinski definition) is 1. The lowest BCUT2D eigenvalue weighted by molar-refractivity contribution is -0.130. The number of aryl methyl sites for hydroxylation is 3. The number of primary amides is 1. The molecule has 0 spiro atoms. The number of carbonyl (C=O) groups is 2. The van der Waals surface area contributed by atoms with E-state index in [1.807, 2.05) is 69.8 Å². The van der Waals surface area contributed by atoms with Gasteiger partial charge in [0.2, 0.25) is 5.91 Å². The van der Waals surface area contributed by atoms with E-state index >= 15 is 0 Å². The Labute approximate surface area is 198 Å². The second kappa shape index (κ2) is 9.09. The van der Waals surface area contributed by atoms with Crippen LogP contribution in [0, 0.1) is 27.7 Å². The summed E-state index contributed by atoms with van der Waals surface area (Å²) in [6.45, 7) is 8.29. The molecule has 0 aliphatic rings. The van der Waals surface area contributed by atoms with Crippen LogP contribution in [0.5, 0.6) is 0 Å². The molecular formula is C25H29N7O2.